The van der Waals surface area contributed by atoms with Gasteiger partial charge in [0.2, 0.25) is 5.88 Å². The molecule has 0 bridgehead atoms. The highest BCUT2D eigenvalue weighted by molar-refractivity contribution is 5.88. The number of nitrogens with zero attached hydrogens (tertiary/aromatic N) is 8. The van der Waals surface area contributed by atoms with E-state index in [0.29, 0.717) is 28.9 Å². The lowest BCUT2D eigenvalue weighted by molar-refractivity contribution is 0.313. The maximum atomic E-state index is 7.12. The minimum absolute atomic E-state index is 0.327. The summed E-state index contributed by atoms with van der Waals surface area (Å²) in [5.41, 5.74) is 4.06. The number of anilines is 3. The van der Waals surface area contributed by atoms with Gasteiger partial charge >= 0.3 is 0 Å². The Bertz CT molecular complexity index is 1370. The van der Waals surface area contributed by atoms with Crippen LogP contribution in [-0.4, -0.2) is 62.6 Å². The summed E-state index contributed by atoms with van der Waals surface area (Å²) in [6.45, 7) is 13.1. The van der Waals surface area contributed by atoms with E-state index in [-0.39, 0.29) is 0 Å². The number of pyridine rings is 3. The summed E-state index contributed by atoms with van der Waals surface area (Å²) in [6, 6.07) is 7.55. The highest BCUT2D eigenvalue weighted by Crippen LogP contribution is 2.32. The molecule has 1 saturated heterocycles. The van der Waals surface area contributed by atoms with Crippen LogP contribution in [0.1, 0.15) is 5.56 Å². The first-order valence-electron chi connectivity index (χ1n) is 11.0. The van der Waals surface area contributed by atoms with Gasteiger partial charge < -0.3 is 29.3 Å². The topological polar surface area (TPSA) is 88.6 Å². The number of nitrogens with one attached hydrogen (secondary N) is 1. The summed E-state index contributed by atoms with van der Waals surface area (Å²) in [6.07, 6.45) is 5.16. The first kappa shape index (κ1) is 21.6. The molecule has 172 valence electrons. The second kappa shape index (κ2) is 8.96. The quantitative estimate of drug-likeness (QED) is 0.453. The SMILES string of the molecule is [C-]#[N+]c1cc(C)c(Oc2cc(Nc3ccc(N4CCN(C)CC4)cn3)c3ncn(C)c3n2)cn1. The number of aromatic nitrogens is 5. The maximum absolute atomic E-state index is 7.12. The molecule has 5 rings (SSSR count). The summed E-state index contributed by atoms with van der Waals surface area (Å²) in [5.74, 6) is 1.98. The zero-order valence-corrected chi connectivity index (χ0v) is 19.4. The highest BCUT2D eigenvalue weighted by Gasteiger charge is 2.16. The van der Waals surface area contributed by atoms with Gasteiger partial charge in [-0.1, -0.05) is 6.57 Å². The average molecular weight is 456 g/mol. The molecule has 1 fully saturated rings. The van der Waals surface area contributed by atoms with Crippen molar-refractivity contribution in [1.29, 1.82) is 0 Å². The van der Waals surface area contributed by atoms with Gasteiger partial charge in [-0.15, -0.1) is 4.98 Å². The van der Waals surface area contributed by atoms with Crippen molar-refractivity contribution < 1.29 is 4.74 Å². The molecule has 1 aliphatic heterocycles. The van der Waals surface area contributed by atoms with Crippen LogP contribution in [0.25, 0.3) is 16.0 Å². The Hall–Kier alpha value is -4.23. The molecule has 0 radical (unpaired) electrons. The number of aryl methyl sites for hydroxylation is 2. The molecule has 0 unspecified atom stereocenters. The molecule has 0 atom stereocenters. The van der Waals surface area contributed by atoms with E-state index in [1.165, 1.54) is 0 Å². The Morgan fingerprint density at radius 2 is 1.85 bits per heavy atom. The van der Waals surface area contributed by atoms with Gasteiger partial charge in [-0.25, -0.2) is 9.97 Å². The third kappa shape index (κ3) is 4.33. The van der Waals surface area contributed by atoms with Crippen molar-refractivity contribution in [2.45, 2.75) is 6.92 Å². The van der Waals surface area contributed by atoms with Gasteiger partial charge in [-0.2, -0.15) is 4.98 Å². The van der Waals surface area contributed by atoms with Crippen LogP contribution < -0.4 is 15.0 Å². The fraction of sp³-hybridized carbons (Fsp3) is 0.292. The number of imidazole rings is 1. The van der Waals surface area contributed by atoms with Crippen molar-refractivity contribution in [2.24, 2.45) is 7.05 Å². The molecule has 10 nitrogen and oxygen atoms in total. The van der Waals surface area contributed by atoms with Gasteiger partial charge in [-0.05, 0) is 37.7 Å². The van der Waals surface area contributed by atoms with E-state index in [9.17, 15) is 0 Å². The van der Waals surface area contributed by atoms with Crippen LogP contribution in [0.5, 0.6) is 11.6 Å². The zero-order valence-electron chi connectivity index (χ0n) is 19.4. The Morgan fingerprint density at radius 1 is 1.03 bits per heavy atom. The zero-order chi connectivity index (χ0) is 23.7. The van der Waals surface area contributed by atoms with E-state index in [1.54, 1.807) is 24.7 Å². The van der Waals surface area contributed by atoms with Gasteiger partial charge in [0.15, 0.2) is 17.6 Å². The summed E-state index contributed by atoms with van der Waals surface area (Å²) < 4.78 is 7.88. The van der Waals surface area contributed by atoms with E-state index < -0.39 is 0 Å². The minimum Gasteiger partial charge on any atom is -0.435 e. The smallest absolute Gasteiger partial charge is 0.269 e. The second-order valence-electron chi connectivity index (χ2n) is 8.37. The summed E-state index contributed by atoms with van der Waals surface area (Å²) in [5, 5.41) is 3.37. The summed E-state index contributed by atoms with van der Waals surface area (Å²) in [4.78, 5) is 25.9. The van der Waals surface area contributed by atoms with Crippen LogP contribution in [0.2, 0.25) is 0 Å². The van der Waals surface area contributed by atoms with Crippen LogP contribution in [0.15, 0.2) is 43.0 Å². The predicted molar refractivity (Wildman–Crippen MR) is 131 cm³/mol. The molecular formula is C24H25N9O. The van der Waals surface area contributed by atoms with Gasteiger partial charge in [-0.3, -0.25) is 0 Å². The van der Waals surface area contributed by atoms with E-state index in [2.05, 4.69) is 53.0 Å². The lowest BCUT2D eigenvalue weighted by atomic mass is 10.2. The molecule has 4 aromatic rings. The van der Waals surface area contributed by atoms with Gasteiger partial charge in [0, 0.05) is 39.3 Å². The number of ether oxygens (including phenoxy) is 1. The average Bonchev–Trinajstić information content (AvgIpc) is 3.22. The molecule has 0 aromatic carbocycles. The Kier molecular flexibility index (Phi) is 5.69. The third-order valence-electron chi connectivity index (χ3n) is 5.90. The van der Waals surface area contributed by atoms with Crippen molar-refractivity contribution in [3.63, 3.8) is 0 Å². The van der Waals surface area contributed by atoms with E-state index in [4.69, 9.17) is 11.3 Å². The molecular weight excluding hydrogens is 430 g/mol. The van der Waals surface area contributed by atoms with Crippen LogP contribution >= 0.6 is 0 Å². The molecule has 5 heterocycles. The Balaban J connectivity index is 1.41. The fourth-order valence-electron chi connectivity index (χ4n) is 3.88. The van der Waals surface area contributed by atoms with Crippen molar-refractivity contribution >= 4 is 34.2 Å². The second-order valence-corrected chi connectivity index (χ2v) is 8.37. The van der Waals surface area contributed by atoms with Crippen molar-refractivity contribution in [2.75, 3.05) is 43.4 Å². The summed E-state index contributed by atoms with van der Waals surface area (Å²) >= 11 is 0. The van der Waals surface area contributed by atoms with Crippen LogP contribution in [0.3, 0.4) is 0 Å². The van der Waals surface area contributed by atoms with Gasteiger partial charge in [0.1, 0.15) is 11.3 Å². The standard InChI is InChI=1S/C24H25N9O/c1-16-11-21(25-2)27-14-19(16)34-22-12-18(23-24(30-22)32(4)15-28-23)29-20-6-5-17(13-26-20)33-9-7-31(3)8-10-33/h5-6,11-15H,7-10H2,1,3-4H3,(H,26,29,30). The molecule has 10 heteroatoms. The molecule has 4 aromatic heterocycles. The van der Waals surface area contributed by atoms with E-state index >= 15 is 0 Å². The molecule has 0 aliphatic carbocycles. The molecule has 1 N–H and O–H groups in total. The minimum atomic E-state index is 0.327. The third-order valence-corrected chi connectivity index (χ3v) is 5.90. The van der Waals surface area contributed by atoms with Crippen molar-refractivity contribution in [3.05, 3.63) is 60.0 Å². The predicted octanol–water partition coefficient (Wildman–Crippen LogP) is 3.91. The molecule has 0 spiro atoms. The molecule has 0 saturated carbocycles. The molecule has 0 amide bonds. The fourth-order valence-corrected chi connectivity index (χ4v) is 3.88. The number of piperazine rings is 1. The number of fused-ring (bicyclic) bond motifs is 1. The van der Waals surface area contributed by atoms with Crippen molar-refractivity contribution in [3.8, 4) is 11.6 Å². The van der Waals surface area contributed by atoms with Crippen molar-refractivity contribution in [1.82, 2.24) is 29.4 Å². The maximum Gasteiger partial charge on any atom is 0.269 e. The summed E-state index contributed by atoms with van der Waals surface area (Å²) in [7, 11) is 4.03. The highest BCUT2D eigenvalue weighted by atomic mass is 16.5. The van der Waals surface area contributed by atoms with Crippen LogP contribution in [0.4, 0.5) is 23.0 Å². The molecule has 1 aliphatic rings. The first-order valence-corrected chi connectivity index (χ1v) is 11.0. The van der Waals surface area contributed by atoms with Crippen LogP contribution in [0, 0.1) is 13.5 Å². The largest absolute Gasteiger partial charge is 0.435 e. The molecule has 34 heavy (non-hydrogen) atoms. The van der Waals surface area contributed by atoms with Crippen LogP contribution in [-0.2, 0) is 7.05 Å². The Labute approximate surface area is 197 Å². The number of likely N-dealkylation sites (N-methyl/N-ethyl adjacent to an activating group) is 1. The number of rotatable bonds is 5. The number of hydrogen-bond acceptors (Lipinski definition) is 8. The lowest BCUT2D eigenvalue weighted by Gasteiger charge is -2.33. The van der Waals surface area contributed by atoms with Gasteiger partial charge in [0.25, 0.3) is 5.82 Å². The monoisotopic (exact) mass is 455 g/mol. The normalized spacial score (nSPS) is 14.2. The lowest BCUT2D eigenvalue weighted by Crippen LogP contribution is -2.44. The first-order chi connectivity index (χ1) is 16.5. The van der Waals surface area contributed by atoms with Gasteiger partial charge in [0.05, 0.1) is 23.9 Å². The Morgan fingerprint density at radius 3 is 2.56 bits per heavy atom. The number of hydrogen-bond donors (Lipinski definition) is 1. The van der Waals surface area contributed by atoms with E-state index in [0.717, 1.165) is 48.6 Å². The van der Waals surface area contributed by atoms with E-state index in [1.807, 2.05) is 30.8 Å².